The molecule has 2 aromatic heterocycles. The Hall–Kier alpha value is -2.40. The smallest absolute Gasteiger partial charge is 0.157 e. The van der Waals surface area contributed by atoms with Crippen molar-refractivity contribution in [2.75, 3.05) is 11.1 Å². The summed E-state index contributed by atoms with van der Waals surface area (Å²) in [4.78, 5) is 12.3. The Morgan fingerprint density at radius 2 is 1.95 bits per heavy atom. The summed E-state index contributed by atoms with van der Waals surface area (Å²) < 4.78 is 0. The number of halogens is 1. The number of benzene rings is 1. The second kappa shape index (κ2) is 5.30. The van der Waals surface area contributed by atoms with E-state index in [2.05, 4.69) is 20.3 Å². The van der Waals surface area contributed by atoms with Crippen molar-refractivity contribution in [1.29, 1.82) is 0 Å². The van der Waals surface area contributed by atoms with Gasteiger partial charge in [-0.25, -0.2) is 9.97 Å². The van der Waals surface area contributed by atoms with Crippen molar-refractivity contribution < 1.29 is 0 Å². The zero-order chi connectivity index (χ0) is 13.9. The third kappa shape index (κ3) is 2.35. The first-order chi connectivity index (χ1) is 9.75. The quantitative estimate of drug-likeness (QED) is 0.724. The van der Waals surface area contributed by atoms with Crippen LogP contribution in [0.3, 0.4) is 0 Å². The first kappa shape index (κ1) is 12.6. The molecule has 100 valence electrons. The number of nitrogen functional groups attached to an aromatic ring is 1. The number of pyridine rings is 1. The third-order valence-electron chi connectivity index (χ3n) is 3.00. The van der Waals surface area contributed by atoms with E-state index in [4.69, 9.17) is 17.3 Å². The Morgan fingerprint density at radius 1 is 1.10 bits per heavy atom. The molecule has 3 aromatic rings. The number of hydrogen-bond donors (Lipinski definition) is 2. The van der Waals surface area contributed by atoms with Crippen LogP contribution >= 0.6 is 11.6 Å². The van der Waals surface area contributed by atoms with Crippen molar-refractivity contribution in [1.82, 2.24) is 15.0 Å². The fourth-order valence-corrected chi connectivity index (χ4v) is 2.14. The molecule has 0 atom stereocenters. The van der Waals surface area contributed by atoms with E-state index in [9.17, 15) is 0 Å². The van der Waals surface area contributed by atoms with Gasteiger partial charge in [0.1, 0.15) is 12.0 Å². The largest absolute Gasteiger partial charge is 0.393 e. The van der Waals surface area contributed by atoms with Crippen LogP contribution in [0.15, 0.2) is 42.9 Å². The fourth-order valence-electron chi connectivity index (χ4n) is 2.00. The molecule has 0 spiro atoms. The summed E-state index contributed by atoms with van der Waals surface area (Å²) in [6.07, 6.45) is 3.16. The molecule has 0 saturated carbocycles. The molecule has 0 aliphatic heterocycles. The number of nitrogens with two attached hydrogens (primary N) is 1. The topological polar surface area (TPSA) is 76.7 Å². The maximum Gasteiger partial charge on any atom is 0.157 e. The number of nitrogens with zero attached hydrogens (tertiary/aromatic N) is 3. The number of hydrogen-bond acceptors (Lipinski definition) is 5. The molecular formula is C14H12ClN5. The van der Waals surface area contributed by atoms with Crippen molar-refractivity contribution in [2.45, 2.75) is 6.54 Å². The lowest BCUT2D eigenvalue weighted by atomic mass is 10.1. The van der Waals surface area contributed by atoms with E-state index in [0.717, 1.165) is 16.5 Å². The lowest BCUT2D eigenvalue weighted by Gasteiger charge is -2.10. The van der Waals surface area contributed by atoms with Crippen LogP contribution < -0.4 is 11.1 Å². The highest BCUT2D eigenvalue weighted by molar-refractivity contribution is 6.32. The van der Waals surface area contributed by atoms with Gasteiger partial charge in [0, 0.05) is 18.1 Å². The normalized spacial score (nSPS) is 10.7. The van der Waals surface area contributed by atoms with Gasteiger partial charge in [-0.1, -0.05) is 35.9 Å². The van der Waals surface area contributed by atoms with Gasteiger partial charge in [-0.2, -0.15) is 0 Å². The molecule has 3 N–H and O–H groups in total. The van der Waals surface area contributed by atoms with Gasteiger partial charge in [-0.05, 0) is 11.6 Å². The van der Waals surface area contributed by atoms with Crippen LogP contribution in [0.25, 0.3) is 10.9 Å². The fraction of sp³-hybridized carbons (Fsp3) is 0.0714. The average Bonchev–Trinajstić information content (AvgIpc) is 2.49. The molecule has 0 unspecified atom stereocenters. The number of rotatable bonds is 3. The van der Waals surface area contributed by atoms with Crippen LogP contribution in [0, 0.1) is 0 Å². The van der Waals surface area contributed by atoms with Crippen LogP contribution in [0.4, 0.5) is 11.5 Å². The Kier molecular flexibility index (Phi) is 3.35. The average molecular weight is 286 g/mol. The maximum absolute atomic E-state index is 5.86. The number of aromatic nitrogens is 3. The van der Waals surface area contributed by atoms with Gasteiger partial charge in [-0.15, -0.1) is 0 Å². The van der Waals surface area contributed by atoms with E-state index in [0.29, 0.717) is 18.1 Å². The van der Waals surface area contributed by atoms with Gasteiger partial charge in [0.05, 0.1) is 5.52 Å². The summed E-state index contributed by atoms with van der Waals surface area (Å²) in [6, 6.07) is 9.99. The van der Waals surface area contributed by atoms with Gasteiger partial charge in [0.2, 0.25) is 0 Å². The number of anilines is 2. The minimum atomic E-state index is 0.249. The summed E-state index contributed by atoms with van der Waals surface area (Å²) in [5.41, 5.74) is 8.20. The Labute approximate surface area is 120 Å². The van der Waals surface area contributed by atoms with E-state index < -0.39 is 0 Å². The minimum Gasteiger partial charge on any atom is -0.393 e. The summed E-state index contributed by atoms with van der Waals surface area (Å²) in [7, 11) is 0. The number of nitrogens with one attached hydrogen (secondary N) is 1. The molecule has 5 nitrogen and oxygen atoms in total. The molecule has 0 saturated heterocycles. The van der Waals surface area contributed by atoms with Crippen LogP contribution in [0.2, 0.25) is 5.15 Å². The molecule has 2 heterocycles. The Bertz CT molecular complexity index is 754. The van der Waals surface area contributed by atoms with Crippen LogP contribution in [-0.4, -0.2) is 15.0 Å². The van der Waals surface area contributed by atoms with Crippen LogP contribution in [-0.2, 0) is 6.54 Å². The van der Waals surface area contributed by atoms with Gasteiger partial charge in [0.15, 0.2) is 11.0 Å². The van der Waals surface area contributed by atoms with Crippen molar-refractivity contribution >= 4 is 34.0 Å². The van der Waals surface area contributed by atoms with Crippen molar-refractivity contribution in [2.24, 2.45) is 0 Å². The molecule has 0 fully saturated rings. The van der Waals surface area contributed by atoms with Crippen molar-refractivity contribution in [3.8, 4) is 0 Å². The van der Waals surface area contributed by atoms with E-state index >= 15 is 0 Å². The molecule has 20 heavy (non-hydrogen) atoms. The molecule has 6 heteroatoms. The van der Waals surface area contributed by atoms with Crippen LogP contribution in [0.5, 0.6) is 0 Å². The molecule has 3 rings (SSSR count). The summed E-state index contributed by atoms with van der Waals surface area (Å²) in [6.45, 7) is 0.561. The summed E-state index contributed by atoms with van der Waals surface area (Å²) in [5, 5.41) is 4.51. The Balaban J connectivity index is 1.89. The Morgan fingerprint density at radius 3 is 2.85 bits per heavy atom. The number of fused-ring (bicyclic) bond motifs is 1. The second-order valence-corrected chi connectivity index (χ2v) is 4.63. The lowest BCUT2D eigenvalue weighted by Crippen LogP contribution is -2.06. The van der Waals surface area contributed by atoms with E-state index in [-0.39, 0.29) is 5.15 Å². The summed E-state index contributed by atoms with van der Waals surface area (Å²) >= 11 is 5.86. The van der Waals surface area contributed by atoms with Crippen molar-refractivity contribution in [3.63, 3.8) is 0 Å². The van der Waals surface area contributed by atoms with E-state index in [1.807, 2.05) is 30.3 Å². The first-order valence-electron chi connectivity index (χ1n) is 6.08. The molecule has 1 aromatic carbocycles. The highest BCUT2D eigenvalue weighted by atomic mass is 35.5. The molecule has 0 radical (unpaired) electrons. The van der Waals surface area contributed by atoms with E-state index in [1.54, 1.807) is 6.20 Å². The standard InChI is InChI=1S/C14H12ClN5/c15-13-11(16)14(20-8-19-13)18-7-10-4-1-3-9-5-2-6-17-12(9)10/h1-6,8H,7,16H2,(H,18,19,20). The molecule has 0 aliphatic carbocycles. The predicted molar refractivity (Wildman–Crippen MR) is 80.5 cm³/mol. The van der Waals surface area contributed by atoms with Gasteiger partial charge in [-0.3, -0.25) is 4.98 Å². The van der Waals surface area contributed by atoms with Crippen molar-refractivity contribution in [3.05, 3.63) is 53.6 Å². The predicted octanol–water partition coefficient (Wildman–Crippen LogP) is 2.87. The molecule has 0 bridgehead atoms. The zero-order valence-corrected chi connectivity index (χ0v) is 11.3. The van der Waals surface area contributed by atoms with Gasteiger partial charge >= 0.3 is 0 Å². The third-order valence-corrected chi connectivity index (χ3v) is 3.30. The van der Waals surface area contributed by atoms with Gasteiger partial charge in [0.25, 0.3) is 0 Å². The van der Waals surface area contributed by atoms with E-state index in [1.165, 1.54) is 6.33 Å². The highest BCUT2D eigenvalue weighted by Crippen LogP contribution is 2.23. The monoisotopic (exact) mass is 285 g/mol. The zero-order valence-electron chi connectivity index (χ0n) is 10.5. The SMILES string of the molecule is Nc1c(Cl)ncnc1NCc1cccc2cccnc12. The minimum absolute atomic E-state index is 0.249. The second-order valence-electron chi connectivity index (χ2n) is 4.27. The first-order valence-corrected chi connectivity index (χ1v) is 6.46. The van der Waals surface area contributed by atoms with Gasteiger partial charge < -0.3 is 11.1 Å². The van der Waals surface area contributed by atoms with Crippen LogP contribution in [0.1, 0.15) is 5.56 Å². The molecule has 0 aliphatic rings. The summed E-state index contributed by atoms with van der Waals surface area (Å²) in [5.74, 6) is 0.526. The lowest BCUT2D eigenvalue weighted by molar-refractivity contribution is 1.09. The molecule has 0 amide bonds. The maximum atomic E-state index is 5.86. The molecular weight excluding hydrogens is 274 g/mol. The number of para-hydroxylation sites is 1. The highest BCUT2D eigenvalue weighted by Gasteiger charge is 2.07.